The third kappa shape index (κ3) is 2.57. The maximum Gasteiger partial charge on any atom is 0.254 e. The molecule has 2 fully saturated rings. The molecule has 7 nitrogen and oxygen atoms in total. The van der Waals surface area contributed by atoms with Crippen molar-refractivity contribution in [2.75, 3.05) is 0 Å². The Morgan fingerprint density at radius 1 is 1.28 bits per heavy atom. The van der Waals surface area contributed by atoms with Crippen molar-refractivity contribution in [2.45, 2.75) is 44.2 Å². The summed E-state index contributed by atoms with van der Waals surface area (Å²) in [5, 5.41) is 11.4. The number of nitrogens with one attached hydrogen (secondary N) is 2. The predicted octanol–water partition coefficient (Wildman–Crippen LogP) is 2.44. The van der Waals surface area contributed by atoms with E-state index < -0.39 is 5.82 Å². The molecule has 2 N–H and O–H groups in total. The lowest BCUT2D eigenvalue weighted by Gasteiger charge is -2.10. The molecule has 0 aliphatic heterocycles. The SMILES string of the molecule is O=C(NCc1nnc(C2CC2)n1C1CC1)c1cc(F)cc2[nH]cnc12. The first-order chi connectivity index (χ1) is 12.2. The van der Waals surface area contributed by atoms with Crippen molar-refractivity contribution in [3.8, 4) is 0 Å². The molecule has 2 aliphatic rings. The number of imidazole rings is 1. The summed E-state index contributed by atoms with van der Waals surface area (Å²) in [6.07, 6.45) is 6.05. The molecule has 0 saturated heterocycles. The Morgan fingerprint density at radius 2 is 2.12 bits per heavy atom. The zero-order chi connectivity index (χ0) is 17.0. The Morgan fingerprint density at radius 3 is 2.88 bits per heavy atom. The number of benzene rings is 1. The fourth-order valence-electron chi connectivity index (χ4n) is 3.25. The van der Waals surface area contributed by atoms with Gasteiger partial charge in [-0.05, 0) is 37.8 Å². The Kier molecular flexibility index (Phi) is 3.13. The molecule has 1 aromatic carbocycles. The summed E-state index contributed by atoms with van der Waals surface area (Å²) in [4.78, 5) is 19.5. The largest absolute Gasteiger partial charge is 0.345 e. The summed E-state index contributed by atoms with van der Waals surface area (Å²) in [6.45, 7) is 0.275. The number of carbonyl (C=O) groups excluding carboxylic acids is 1. The molecule has 0 unspecified atom stereocenters. The second-order valence-electron chi connectivity index (χ2n) is 6.78. The number of rotatable bonds is 5. The first-order valence-electron chi connectivity index (χ1n) is 8.55. The lowest BCUT2D eigenvalue weighted by Crippen LogP contribution is -2.25. The first kappa shape index (κ1) is 14.6. The highest BCUT2D eigenvalue weighted by atomic mass is 19.1. The maximum atomic E-state index is 13.7. The average Bonchev–Trinajstić information content (AvgIpc) is 3.53. The van der Waals surface area contributed by atoms with E-state index in [-0.39, 0.29) is 18.0 Å². The molecule has 25 heavy (non-hydrogen) atoms. The van der Waals surface area contributed by atoms with Crippen LogP contribution in [0.2, 0.25) is 0 Å². The number of hydrogen-bond donors (Lipinski definition) is 2. The Balaban J connectivity index is 1.39. The number of carbonyl (C=O) groups is 1. The van der Waals surface area contributed by atoms with Gasteiger partial charge in [0.2, 0.25) is 0 Å². The van der Waals surface area contributed by atoms with Gasteiger partial charge in [-0.25, -0.2) is 9.37 Å². The normalized spacial score (nSPS) is 17.2. The predicted molar refractivity (Wildman–Crippen MR) is 87.5 cm³/mol. The topological polar surface area (TPSA) is 88.5 Å². The van der Waals surface area contributed by atoms with E-state index in [2.05, 4.69) is 30.0 Å². The minimum absolute atomic E-state index is 0.219. The van der Waals surface area contributed by atoms with Crippen LogP contribution in [0.1, 0.15) is 59.6 Å². The van der Waals surface area contributed by atoms with E-state index in [1.807, 2.05) is 0 Å². The minimum Gasteiger partial charge on any atom is -0.345 e. The minimum atomic E-state index is -0.473. The van der Waals surface area contributed by atoms with Crippen LogP contribution in [0.15, 0.2) is 18.5 Å². The molecule has 1 amide bonds. The molecular formula is C17H17FN6O. The Bertz CT molecular complexity index is 969. The van der Waals surface area contributed by atoms with E-state index in [1.54, 1.807) is 0 Å². The summed E-state index contributed by atoms with van der Waals surface area (Å²) in [5.41, 5.74) is 1.18. The van der Waals surface area contributed by atoms with Crippen LogP contribution in [0, 0.1) is 5.82 Å². The first-order valence-corrected chi connectivity index (χ1v) is 8.55. The van der Waals surface area contributed by atoms with Crippen LogP contribution in [-0.2, 0) is 6.54 Å². The third-order valence-electron chi connectivity index (χ3n) is 4.79. The van der Waals surface area contributed by atoms with E-state index in [0.717, 1.165) is 37.3 Å². The molecule has 8 heteroatoms. The molecular weight excluding hydrogens is 323 g/mol. The van der Waals surface area contributed by atoms with Gasteiger partial charge in [-0.3, -0.25) is 4.79 Å². The summed E-state index contributed by atoms with van der Waals surface area (Å²) in [5.74, 6) is 1.50. The van der Waals surface area contributed by atoms with Crippen LogP contribution in [0.25, 0.3) is 11.0 Å². The van der Waals surface area contributed by atoms with Crippen molar-refractivity contribution in [3.05, 3.63) is 41.5 Å². The quantitative estimate of drug-likeness (QED) is 0.747. The number of halogens is 1. The summed E-state index contributed by atoms with van der Waals surface area (Å²) >= 11 is 0. The second-order valence-corrected chi connectivity index (χ2v) is 6.78. The summed E-state index contributed by atoms with van der Waals surface area (Å²) in [6, 6.07) is 2.99. The van der Waals surface area contributed by atoms with Gasteiger partial charge in [0.1, 0.15) is 17.2 Å². The van der Waals surface area contributed by atoms with E-state index >= 15 is 0 Å². The lowest BCUT2D eigenvalue weighted by atomic mass is 10.1. The fourth-order valence-corrected chi connectivity index (χ4v) is 3.25. The van der Waals surface area contributed by atoms with E-state index in [1.165, 1.54) is 18.5 Å². The van der Waals surface area contributed by atoms with Gasteiger partial charge >= 0.3 is 0 Å². The molecule has 0 spiro atoms. The van der Waals surface area contributed by atoms with Crippen LogP contribution < -0.4 is 5.32 Å². The molecule has 2 heterocycles. The number of hydrogen-bond acceptors (Lipinski definition) is 4. The molecule has 2 saturated carbocycles. The molecule has 3 aromatic rings. The molecule has 0 bridgehead atoms. The average molecular weight is 340 g/mol. The fraction of sp³-hybridized carbons (Fsp3) is 0.412. The molecule has 2 aliphatic carbocycles. The van der Waals surface area contributed by atoms with Gasteiger partial charge in [0.05, 0.1) is 24.0 Å². The number of aromatic nitrogens is 5. The van der Waals surface area contributed by atoms with Crippen molar-refractivity contribution in [1.82, 2.24) is 30.0 Å². The smallest absolute Gasteiger partial charge is 0.254 e. The molecule has 128 valence electrons. The van der Waals surface area contributed by atoms with Crippen molar-refractivity contribution >= 4 is 16.9 Å². The van der Waals surface area contributed by atoms with Crippen LogP contribution in [0.5, 0.6) is 0 Å². The van der Waals surface area contributed by atoms with E-state index in [0.29, 0.717) is 23.0 Å². The van der Waals surface area contributed by atoms with Crippen LogP contribution in [-0.4, -0.2) is 30.6 Å². The van der Waals surface area contributed by atoms with Crippen molar-refractivity contribution < 1.29 is 9.18 Å². The third-order valence-corrected chi connectivity index (χ3v) is 4.79. The van der Waals surface area contributed by atoms with Crippen molar-refractivity contribution in [3.63, 3.8) is 0 Å². The van der Waals surface area contributed by atoms with Crippen LogP contribution in [0.4, 0.5) is 4.39 Å². The number of H-pyrrole nitrogens is 1. The lowest BCUT2D eigenvalue weighted by molar-refractivity contribution is 0.0950. The van der Waals surface area contributed by atoms with Crippen molar-refractivity contribution in [2.24, 2.45) is 0 Å². The van der Waals surface area contributed by atoms with Gasteiger partial charge in [0, 0.05) is 12.0 Å². The molecule has 0 atom stereocenters. The highest BCUT2D eigenvalue weighted by Gasteiger charge is 2.36. The zero-order valence-electron chi connectivity index (χ0n) is 13.5. The van der Waals surface area contributed by atoms with Gasteiger partial charge in [-0.1, -0.05) is 0 Å². The van der Waals surface area contributed by atoms with Crippen LogP contribution >= 0.6 is 0 Å². The van der Waals surface area contributed by atoms with Gasteiger partial charge in [0.25, 0.3) is 5.91 Å². The van der Waals surface area contributed by atoms with Gasteiger partial charge < -0.3 is 14.9 Å². The Labute approximate surface area is 142 Å². The molecule has 2 aromatic heterocycles. The van der Waals surface area contributed by atoms with Crippen LogP contribution in [0.3, 0.4) is 0 Å². The maximum absolute atomic E-state index is 13.7. The highest BCUT2D eigenvalue weighted by molar-refractivity contribution is 6.04. The van der Waals surface area contributed by atoms with Gasteiger partial charge in [-0.2, -0.15) is 0 Å². The molecule has 0 radical (unpaired) electrons. The molecule has 5 rings (SSSR count). The Hall–Kier alpha value is -2.77. The van der Waals surface area contributed by atoms with Gasteiger partial charge in [-0.15, -0.1) is 10.2 Å². The summed E-state index contributed by atoms with van der Waals surface area (Å²) in [7, 11) is 0. The standard InChI is InChI=1S/C17H17FN6O/c18-10-5-12(15-13(6-10)20-8-21-15)17(25)19-7-14-22-23-16(9-1-2-9)24(14)11-3-4-11/h5-6,8-9,11H,1-4,7H2,(H,19,25)(H,20,21). The number of amides is 1. The number of nitrogens with zero attached hydrogens (tertiary/aromatic N) is 4. The zero-order valence-corrected chi connectivity index (χ0v) is 13.5. The van der Waals surface area contributed by atoms with Crippen molar-refractivity contribution in [1.29, 1.82) is 0 Å². The van der Waals surface area contributed by atoms with E-state index in [4.69, 9.17) is 0 Å². The highest BCUT2D eigenvalue weighted by Crippen LogP contribution is 2.44. The number of fused-ring (bicyclic) bond motifs is 1. The second kappa shape index (κ2) is 5.37. The number of aromatic amines is 1. The van der Waals surface area contributed by atoms with Gasteiger partial charge in [0.15, 0.2) is 5.82 Å². The monoisotopic (exact) mass is 340 g/mol. The summed E-state index contributed by atoms with van der Waals surface area (Å²) < 4.78 is 15.9. The van der Waals surface area contributed by atoms with E-state index in [9.17, 15) is 9.18 Å².